The van der Waals surface area contributed by atoms with Gasteiger partial charge in [-0.05, 0) is 35.0 Å². The van der Waals surface area contributed by atoms with Crippen molar-refractivity contribution in [3.8, 4) is 11.5 Å². The van der Waals surface area contributed by atoms with Gasteiger partial charge in [0.1, 0.15) is 4.88 Å². The predicted octanol–water partition coefficient (Wildman–Crippen LogP) is 2.58. The van der Waals surface area contributed by atoms with Crippen molar-refractivity contribution in [1.82, 2.24) is 10.4 Å². The Morgan fingerprint density at radius 3 is 2.74 bits per heavy atom. The molecule has 0 fully saturated rings. The van der Waals surface area contributed by atoms with Gasteiger partial charge in [0.15, 0.2) is 16.6 Å². The average Bonchev–Trinajstić information content (AvgIpc) is 2.87. The first-order valence-electron chi connectivity index (χ1n) is 6.44. The molecule has 0 atom stereocenters. The lowest BCUT2D eigenvalue weighted by molar-refractivity contribution is 0.0958. The smallest absolute Gasteiger partial charge is 0.283 e. The minimum absolute atomic E-state index is 0.347. The Kier molecular flexibility index (Phi) is 5.56. The van der Waals surface area contributed by atoms with Crippen LogP contribution in [0.4, 0.5) is 5.13 Å². The van der Waals surface area contributed by atoms with E-state index in [-0.39, 0.29) is 5.91 Å². The molecule has 1 aromatic heterocycles. The normalized spacial score (nSPS) is 10.8. The molecular weight excluding hydrogens is 384 g/mol. The number of aryl methyl sites for hydroxylation is 1. The van der Waals surface area contributed by atoms with Crippen LogP contribution in [-0.2, 0) is 0 Å². The monoisotopic (exact) mass is 398 g/mol. The van der Waals surface area contributed by atoms with Crippen LogP contribution in [0, 0.1) is 6.92 Å². The third-order valence-electron chi connectivity index (χ3n) is 2.90. The number of carbonyl (C=O) groups excluding carboxylic acids is 1. The third-order valence-corrected chi connectivity index (χ3v) is 4.71. The molecule has 0 radical (unpaired) electrons. The fourth-order valence-electron chi connectivity index (χ4n) is 1.84. The molecule has 0 saturated heterocycles. The van der Waals surface area contributed by atoms with Gasteiger partial charge in [0.2, 0.25) is 0 Å². The highest BCUT2D eigenvalue weighted by atomic mass is 79.9. The Morgan fingerprint density at radius 1 is 1.43 bits per heavy atom. The fourth-order valence-corrected chi connectivity index (χ4v) is 3.16. The summed E-state index contributed by atoms with van der Waals surface area (Å²) in [5, 5.41) is 4.29. The Morgan fingerprint density at radius 2 is 2.17 bits per heavy atom. The molecule has 0 spiro atoms. The summed E-state index contributed by atoms with van der Waals surface area (Å²) in [6.45, 7) is 1.72. The van der Waals surface area contributed by atoms with Gasteiger partial charge in [0.05, 0.1) is 30.6 Å². The van der Waals surface area contributed by atoms with Crippen molar-refractivity contribution in [3.05, 3.63) is 32.7 Å². The zero-order valence-corrected chi connectivity index (χ0v) is 15.1. The van der Waals surface area contributed by atoms with E-state index >= 15 is 0 Å². The summed E-state index contributed by atoms with van der Waals surface area (Å²) in [5.74, 6) is 0.787. The second-order valence-electron chi connectivity index (χ2n) is 4.37. The van der Waals surface area contributed by atoms with Gasteiger partial charge >= 0.3 is 0 Å². The van der Waals surface area contributed by atoms with E-state index in [1.54, 1.807) is 33.3 Å². The van der Waals surface area contributed by atoms with Gasteiger partial charge in [-0.25, -0.2) is 10.4 Å². The topological polar surface area (TPSA) is 98.8 Å². The van der Waals surface area contributed by atoms with Crippen molar-refractivity contribution >= 4 is 44.5 Å². The van der Waals surface area contributed by atoms with Gasteiger partial charge in [-0.15, -0.1) is 0 Å². The quantitative estimate of drug-likeness (QED) is 0.595. The number of hydrazone groups is 1. The van der Waals surface area contributed by atoms with Crippen LogP contribution in [0.15, 0.2) is 21.7 Å². The largest absolute Gasteiger partial charge is 0.493 e. The highest BCUT2D eigenvalue weighted by molar-refractivity contribution is 9.10. The minimum Gasteiger partial charge on any atom is -0.493 e. The number of aromatic nitrogens is 1. The van der Waals surface area contributed by atoms with E-state index in [4.69, 9.17) is 15.2 Å². The van der Waals surface area contributed by atoms with Gasteiger partial charge in [0, 0.05) is 5.56 Å². The first-order valence-corrected chi connectivity index (χ1v) is 8.05. The number of carbonyl (C=O) groups is 1. The number of ether oxygens (including phenoxy) is 2. The number of hydrogen-bond acceptors (Lipinski definition) is 7. The zero-order chi connectivity index (χ0) is 17.0. The summed E-state index contributed by atoms with van der Waals surface area (Å²) < 4.78 is 11.2. The van der Waals surface area contributed by atoms with Crippen LogP contribution < -0.4 is 20.6 Å². The molecule has 2 rings (SSSR count). The molecule has 1 aromatic carbocycles. The van der Waals surface area contributed by atoms with Crippen LogP contribution in [0.1, 0.15) is 20.9 Å². The molecule has 0 aliphatic heterocycles. The maximum atomic E-state index is 12.0. The third kappa shape index (κ3) is 3.80. The highest BCUT2D eigenvalue weighted by Crippen LogP contribution is 2.36. The van der Waals surface area contributed by atoms with Crippen molar-refractivity contribution < 1.29 is 14.3 Å². The summed E-state index contributed by atoms with van der Waals surface area (Å²) in [5.41, 5.74) is 9.32. The number of methoxy groups -OCH3 is 2. The van der Waals surface area contributed by atoms with Crippen molar-refractivity contribution in [3.63, 3.8) is 0 Å². The first-order chi connectivity index (χ1) is 11.0. The lowest BCUT2D eigenvalue weighted by atomic mass is 10.2. The van der Waals surface area contributed by atoms with Gasteiger partial charge in [-0.1, -0.05) is 11.3 Å². The zero-order valence-electron chi connectivity index (χ0n) is 12.7. The fraction of sp³-hybridized carbons (Fsp3) is 0.214. The average molecular weight is 399 g/mol. The van der Waals surface area contributed by atoms with Crippen LogP contribution in [-0.4, -0.2) is 31.3 Å². The molecule has 2 aromatic rings. The minimum atomic E-state index is -0.357. The maximum Gasteiger partial charge on any atom is 0.283 e. The van der Waals surface area contributed by atoms with E-state index in [1.807, 2.05) is 0 Å². The van der Waals surface area contributed by atoms with Crippen LogP contribution in [0.25, 0.3) is 0 Å². The molecule has 7 nitrogen and oxygen atoms in total. The molecule has 0 aliphatic carbocycles. The van der Waals surface area contributed by atoms with E-state index in [9.17, 15) is 4.79 Å². The number of amides is 1. The number of nitrogens with zero attached hydrogens (tertiary/aromatic N) is 2. The highest BCUT2D eigenvalue weighted by Gasteiger charge is 2.14. The molecular formula is C14H15BrN4O3S. The van der Waals surface area contributed by atoms with E-state index < -0.39 is 0 Å². The van der Waals surface area contributed by atoms with Gasteiger partial charge in [-0.3, -0.25) is 4.79 Å². The summed E-state index contributed by atoms with van der Waals surface area (Å²) in [7, 11) is 3.10. The van der Waals surface area contributed by atoms with E-state index in [1.165, 1.54) is 6.21 Å². The number of nitrogens with one attached hydrogen (secondary N) is 1. The molecule has 9 heteroatoms. The number of hydrogen-bond donors (Lipinski definition) is 2. The Bertz CT molecular complexity index is 761. The molecule has 0 bridgehead atoms. The number of anilines is 1. The molecule has 0 saturated carbocycles. The van der Waals surface area contributed by atoms with Crippen molar-refractivity contribution in [1.29, 1.82) is 0 Å². The van der Waals surface area contributed by atoms with Crippen LogP contribution in [0.5, 0.6) is 11.5 Å². The summed E-state index contributed by atoms with van der Waals surface area (Å²) in [6, 6.07) is 3.54. The number of thiazole rings is 1. The van der Waals surface area contributed by atoms with E-state index in [0.717, 1.165) is 16.9 Å². The number of nitrogen functional groups attached to an aromatic ring is 1. The van der Waals surface area contributed by atoms with Crippen molar-refractivity contribution in [2.75, 3.05) is 20.0 Å². The molecule has 1 amide bonds. The van der Waals surface area contributed by atoms with Gasteiger partial charge < -0.3 is 15.2 Å². The number of benzene rings is 1. The molecule has 1 heterocycles. The SMILES string of the molecule is COc1ccc(/C=N\NC(=O)c2sc(N)nc2C)c(Br)c1OC. The molecule has 0 unspecified atom stereocenters. The lowest BCUT2D eigenvalue weighted by Gasteiger charge is -2.10. The second kappa shape index (κ2) is 7.42. The van der Waals surface area contributed by atoms with Crippen molar-refractivity contribution in [2.45, 2.75) is 6.92 Å². The molecule has 23 heavy (non-hydrogen) atoms. The number of rotatable bonds is 5. The summed E-state index contributed by atoms with van der Waals surface area (Å²) in [6.07, 6.45) is 1.50. The molecule has 0 aliphatic rings. The van der Waals surface area contributed by atoms with E-state index in [2.05, 4.69) is 31.4 Å². The summed E-state index contributed by atoms with van der Waals surface area (Å²) >= 11 is 4.54. The van der Waals surface area contributed by atoms with Crippen LogP contribution >= 0.6 is 27.3 Å². The maximum absolute atomic E-state index is 12.0. The Balaban J connectivity index is 2.15. The Hall–Kier alpha value is -2.13. The van der Waals surface area contributed by atoms with Crippen LogP contribution in [0.2, 0.25) is 0 Å². The standard InChI is InChI=1S/C14H15BrN4O3S/c1-7-12(23-14(16)18-7)13(20)19-17-6-8-4-5-9(21-2)11(22-3)10(8)15/h4-6H,1-3H3,(H2,16,18)(H,19,20)/b17-6-. The van der Waals surface area contributed by atoms with Gasteiger partial charge in [0.25, 0.3) is 5.91 Å². The number of nitrogens with two attached hydrogens (primary N) is 1. The molecule has 3 N–H and O–H groups in total. The van der Waals surface area contributed by atoms with Gasteiger partial charge in [-0.2, -0.15) is 5.10 Å². The first kappa shape index (κ1) is 17.2. The van der Waals surface area contributed by atoms with Crippen LogP contribution in [0.3, 0.4) is 0 Å². The lowest BCUT2D eigenvalue weighted by Crippen LogP contribution is -2.17. The van der Waals surface area contributed by atoms with Crippen molar-refractivity contribution in [2.24, 2.45) is 5.10 Å². The second-order valence-corrected chi connectivity index (χ2v) is 6.19. The number of halogens is 1. The summed E-state index contributed by atoms with van der Waals surface area (Å²) in [4.78, 5) is 16.4. The predicted molar refractivity (Wildman–Crippen MR) is 93.6 cm³/mol. The molecule has 122 valence electrons. The van der Waals surface area contributed by atoms with E-state index in [0.29, 0.717) is 31.7 Å². The Labute approximate surface area is 145 Å².